The van der Waals surface area contributed by atoms with Gasteiger partial charge in [0.1, 0.15) is 11.5 Å². The Labute approximate surface area is 108 Å². The fraction of sp³-hybridized carbons (Fsp3) is 0.500. The van der Waals surface area contributed by atoms with Crippen molar-refractivity contribution >= 4 is 5.91 Å². The number of rotatable bonds is 5. The Hall–Kier alpha value is -1.71. The lowest BCUT2D eigenvalue weighted by Crippen LogP contribution is -2.47. The Balaban J connectivity index is 2.94. The van der Waals surface area contributed by atoms with Crippen LogP contribution in [0.2, 0.25) is 0 Å². The van der Waals surface area contributed by atoms with E-state index in [2.05, 4.69) is 5.32 Å². The fourth-order valence-electron chi connectivity index (χ4n) is 2.04. The number of hydrogen-bond acceptors (Lipinski definition) is 3. The second-order valence-electron chi connectivity index (χ2n) is 4.50. The number of nitrogens with one attached hydrogen (secondary N) is 1. The van der Waals surface area contributed by atoms with Crippen molar-refractivity contribution in [2.45, 2.75) is 45.6 Å². The smallest absolute Gasteiger partial charge is 0.255 e. The minimum atomic E-state index is -0.307. The molecule has 100 valence electrons. The van der Waals surface area contributed by atoms with Crippen molar-refractivity contribution in [3.05, 3.63) is 23.8 Å². The summed E-state index contributed by atoms with van der Waals surface area (Å²) in [7, 11) is 0. The third-order valence-corrected chi connectivity index (χ3v) is 3.63. The number of aromatic hydroxyl groups is 2. The summed E-state index contributed by atoms with van der Waals surface area (Å²) in [5, 5.41) is 21.8. The number of amides is 1. The standard InChI is InChI=1S/C14H21NO3/c1-4-14(5-2,6-3)15-13(18)11-8-7-10(16)9-12(11)17/h7-9,16-17H,4-6H2,1-3H3,(H,15,18). The molecule has 0 fully saturated rings. The number of hydrogen-bond donors (Lipinski definition) is 3. The summed E-state index contributed by atoms with van der Waals surface area (Å²) in [5.74, 6) is -0.570. The highest BCUT2D eigenvalue weighted by Crippen LogP contribution is 2.25. The predicted octanol–water partition coefficient (Wildman–Crippen LogP) is 2.80. The van der Waals surface area contributed by atoms with Gasteiger partial charge in [0.15, 0.2) is 0 Å². The molecule has 0 unspecified atom stereocenters. The maximum absolute atomic E-state index is 12.1. The molecular weight excluding hydrogens is 230 g/mol. The van der Waals surface area contributed by atoms with Crippen LogP contribution in [0.15, 0.2) is 18.2 Å². The summed E-state index contributed by atoms with van der Waals surface area (Å²) in [6.07, 6.45) is 2.51. The molecule has 0 radical (unpaired) electrons. The first-order valence-corrected chi connectivity index (χ1v) is 6.32. The van der Waals surface area contributed by atoms with Gasteiger partial charge in [-0.15, -0.1) is 0 Å². The van der Waals surface area contributed by atoms with Crippen LogP contribution >= 0.6 is 0 Å². The first kappa shape index (κ1) is 14.4. The van der Waals surface area contributed by atoms with E-state index in [9.17, 15) is 15.0 Å². The van der Waals surface area contributed by atoms with Gasteiger partial charge in [0.05, 0.1) is 5.56 Å². The third kappa shape index (κ3) is 2.94. The average molecular weight is 251 g/mol. The summed E-state index contributed by atoms with van der Waals surface area (Å²) in [6.45, 7) is 6.10. The number of phenolic OH excluding ortho intramolecular Hbond substituents is 2. The minimum Gasteiger partial charge on any atom is -0.508 e. The molecule has 1 aromatic rings. The van der Waals surface area contributed by atoms with E-state index in [-0.39, 0.29) is 28.5 Å². The molecule has 0 saturated carbocycles. The lowest BCUT2D eigenvalue weighted by atomic mass is 9.89. The van der Waals surface area contributed by atoms with Gasteiger partial charge >= 0.3 is 0 Å². The van der Waals surface area contributed by atoms with Gasteiger partial charge in [-0.05, 0) is 31.4 Å². The zero-order valence-corrected chi connectivity index (χ0v) is 11.2. The fourth-order valence-corrected chi connectivity index (χ4v) is 2.04. The summed E-state index contributed by atoms with van der Waals surface area (Å²) in [6, 6.07) is 3.98. The monoisotopic (exact) mass is 251 g/mol. The van der Waals surface area contributed by atoms with E-state index in [1.165, 1.54) is 18.2 Å². The maximum atomic E-state index is 12.1. The molecule has 0 spiro atoms. The van der Waals surface area contributed by atoms with Crippen LogP contribution in [-0.4, -0.2) is 21.7 Å². The summed E-state index contributed by atoms with van der Waals surface area (Å²) in [5.41, 5.74) is -0.0472. The van der Waals surface area contributed by atoms with Crippen molar-refractivity contribution in [1.82, 2.24) is 5.32 Å². The molecule has 0 heterocycles. The summed E-state index contributed by atoms with van der Waals surface area (Å²) in [4.78, 5) is 12.1. The molecule has 0 atom stereocenters. The van der Waals surface area contributed by atoms with Crippen LogP contribution < -0.4 is 5.32 Å². The molecule has 0 bridgehead atoms. The van der Waals surface area contributed by atoms with Crippen molar-refractivity contribution in [2.24, 2.45) is 0 Å². The van der Waals surface area contributed by atoms with Gasteiger partial charge in [-0.2, -0.15) is 0 Å². The Morgan fingerprint density at radius 3 is 2.17 bits per heavy atom. The Morgan fingerprint density at radius 1 is 1.17 bits per heavy atom. The highest BCUT2D eigenvalue weighted by molar-refractivity contribution is 5.97. The van der Waals surface area contributed by atoms with E-state index < -0.39 is 0 Å². The van der Waals surface area contributed by atoms with Crippen LogP contribution in [0.3, 0.4) is 0 Å². The van der Waals surface area contributed by atoms with Crippen molar-refractivity contribution in [3.63, 3.8) is 0 Å². The molecule has 1 aromatic carbocycles. The van der Waals surface area contributed by atoms with Crippen molar-refractivity contribution < 1.29 is 15.0 Å². The first-order chi connectivity index (χ1) is 8.48. The highest BCUT2D eigenvalue weighted by Gasteiger charge is 2.27. The summed E-state index contributed by atoms with van der Waals surface area (Å²) < 4.78 is 0. The van der Waals surface area contributed by atoms with Crippen LogP contribution in [0, 0.1) is 0 Å². The van der Waals surface area contributed by atoms with Gasteiger partial charge in [-0.25, -0.2) is 0 Å². The highest BCUT2D eigenvalue weighted by atomic mass is 16.3. The van der Waals surface area contributed by atoms with Gasteiger partial charge < -0.3 is 15.5 Å². The topological polar surface area (TPSA) is 69.6 Å². The summed E-state index contributed by atoms with van der Waals surface area (Å²) >= 11 is 0. The Bertz CT molecular complexity index is 417. The van der Waals surface area contributed by atoms with Crippen molar-refractivity contribution in [3.8, 4) is 11.5 Å². The van der Waals surface area contributed by atoms with Gasteiger partial charge in [-0.3, -0.25) is 4.79 Å². The van der Waals surface area contributed by atoms with Crippen LogP contribution in [0.1, 0.15) is 50.4 Å². The van der Waals surface area contributed by atoms with Crippen LogP contribution in [0.5, 0.6) is 11.5 Å². The van der Waals surface area contributed by atoms with Crippen LogP contribution in [-0.2, 0) is 0 Å². The van der Waals surface area contributed by atoms with E-state index in [4.69, 9.17) is 0 Å². The molecule has 4 heteroatoms. The zero-order valence-electron chi connectivity index (χ0n) is 11.2. The molecule has 1 amide bonds. The zero-order chi connectivity index (χ0) is 13.8. The molecule has 0 aliphatic carbocycles. The maximum Gasteiger partial charge on any atom is 0.255 e. The van der Waals surface area contributed by atoms with Crippen molar-refractivity contribution in [2.75, 3.05) is 0 Å². The van der Waals surface area contributed by atoms with E-state index in [0.29, 0.717) is 0 Å². The SMILES string of the molecule is CCC(CC)(CC)NC(=O)c1ccc(O)cc1O. The second kappa shape index (κ2) is 5.76. The third-order valence-electron chi connectivity index (χ3n) is 3.63. The lowest BCUT2D eigenvalue weighted by Gasteiger charge is -2.31. The van der Waals surface area contributed by atoms with E-state index in [0.717, 1.165) is 19.3 Å². The number of phenols is 2. The molecule has 0 aliphatic rings. The van der Waals surface area contributed by atoms with E-state index in [1.54, 1.807) is 0 Å². The van der Waals surface area contributed by atoms with Crippen molar-refractivity contribution in [1.29, 1.82) is 0 Å². The molecule has 0 aromatic heterocycles. The molecule has 4 nitrogen and oxygen atoms in total. The van der Waals surface area contributed by atoms with Gasteiger partial charge in [-0.1, -0.05) is 20.8 Å². The number of carbonyl (C=O) groups is 1. The van der Waals surface area contributed by atoms with E-state index in [1.807, 2.05) is 20.8 Å². The molecule has 18 heavy (non-hydrogen) atoms. The largest absolute Gasteiger partial charge is 0.508 e. The van der Waals surface area contributed by atoms with Crippen LogP contribution in [0.4, 0.5) is 0 Å². The quantitative estimate of drug-likeness (QED) is 0.753. The Kier molecular flexibility index (Phi) is 4.59. The molecule has 0 saturated heterocycles. The molecule has 3 N–H and O–H groups in total. The molecular formula is C14H21NO3. The second-order valence-corrected chi connectivity index (χ2v) is 4.50. The minimum absolute atomic E-state index is 0.0585. The first-order valence-electron chi connectivity index (χ1n) is 6.32. The lowest BCUT2D eigenvalue weighted by molar-refractivity contribution is 0.0885. The molecule has 0 aliphatic heterocycles. The normalized spacial score (nSPS) is 11.3. The van der Waals surface area contributed by atoms with Gasteiger partial charge in [0, 0.05) is 11.6 Å². The van der Waals surface area contributed by atoms with E-state index >= 15 is 0 Å². The number of benzene rings is 1. The number of carbonyl (C=O) groups excluding carboxylic acids is 1. The average Bonchev–Trinajstić information content (AvgIpc) is 2.36. The predicted molar refractivity (Wildman–Crippen MR) is 70.8 cm³/mol. The molecule has 1 rings (SSSR count). The van der Waals surface area contributed by atoms with Crippen LogP contribution in [0.25, 0.3) is 0 Å². The Morgan fingerprint density at radius 2 is 1.72 bits per heavy atom. The van der Waals surface area contributed by atoms with Gasteiger partial charge in [0.25, 0.3) is 5.91 Å². The van der Waals surface area contributed by atoms with Gasteiger partial charge in [0.2, 0.25) is 0 Å².